The first-order valence-electron chi connectivity index (χ1n) is 13.9. The zero-order valence-electron chi connectivity index (χ0n) is 23.7. The van der Waals surface area contributed by atoms with Gasteiger partial charge in [0.05, 0.1) is 17.1 Å². The van der Waals surface area contributed by atoms with Crippen LogP contribution in [0.1, 0.15) is 43.2 Å². The summed E-state index contributed by atoms with van der Waals surface area (Å²) in [4.78, 5) is 35.7. The van der Waals surface area contributed by atoms with Crippen molar-refractivity contribution in [2.75, 3.05) is 10.7 Å². The number of thioether (sulfide) groups is 1. The normalized spacial score (nSPS) is 19.1. The van der Waals surface area contributed by atoms with Crippen LogP contribution in [0, 0.1) is 0 Å². The number of hydrogen-bond acceptors (Lipinski definition) is 6. The second kappa shape index (κ2) is 11.8. The highest BCUT2D eigenvalue weighted by Gasteiger charge is 2.40. The molecule has 6 rings (SSSR count). The summed E-state index contributed by atoms with van der Waals surface area (Å²) in [6.45, 7) is 4.11. The van der Waals surface area contributed by atoms with E-state index in [9.17, 15) is 22.8 Å². The SMILES string of the molecule is CC(C)c1ccccc1N1C(=O)CSC1=NC(=O)NC1CC1c1ccc(-c2ncn(-c3ccc(OC(F)(F)F)cc3)n2)cc1. The van der Waals surface area contributed by atoms with Gasteiger partial charge in [0.25, 0.3) is 0 Å². The molecule has 1 saturated heterocycles. The maximum atomic E-state index is 12.8. The van der Waals surface area contributed by atoms with Crippen molar-refractivity contribution >= 4 is 34.6 Å². The van der Waals surface area contributed by atoms with Gasteiger partial charge < -0.3 is 10.1 Å². The molecule has 2 fully saturated rings. The number of benzene rings is 3. The first-order valence-corrected chi connectivity index (χ1v) is 14.9. The third kappa shape index (κ3) is 6.47. The Kier molecular flexibility index (Phi) is 7.89. The molecule has 0 spiro atoms. The predicted octanol–water partition coefficient (Wildman–Crippen LogP) is 6.66. The van der Waals surface area contributed by atoms with E-state index in [1.165, 1.54) is 51.9 Å². The molecule has 1 N–H and O–H groups in total. The number of amides is 3. The van der Waals surface area contributed by atoms with Crippen LogP contribution >= 0.6 is 11.8 Å². The van der Waals surface area contributed by atoms with Crippen LogP contribution in [-0.2, 0) is 4.79 Å². The van der Waals surface area contributed by atoms with E-state index >= 15 is 0 Å². The third-order valence-electron chi connectivity index (χ3n) is 7.29. The number of anilines is 1. The highest BCUT2D eigenvalue weighted by molar-refractivity contribution is 8.15. The molecule has 3 aromatic carbocycles. The van der Waals surface area contributed by atoms with Gasteiger partial charge in [0.1, 0.15) is 12.1 Å². The minimum Gasteiger partial charge on any atom is -0.406 e. The van der Waals surface area contributed by atoms with E-state index in [1.54, 1.807) is 0 Å². The third-order valence-corrected chi connectivity index (χ3v) is 8.21. The smallest absolute Gasteiger partial charge is 0.406 e. The second-order valence-corrected chi connectivity index (χ2v) is 11.6. The molecule has 1 aliphatic carbocycles. The van der Waals surface area contributed by atoms with Gasteiger partial charge in [0.15, 0.2) is 11.0 Å². The highest BCUT2D eigenvalue weighted by atomic mass is 32.2. The van der Waals surface area contributed by atoms with E-state index < -0.39 is 12.4 Å². The van der Waals surface area contributed by atoms with Gasteiger partial charge in [-0.1, -0.05) is 68.1 Å². The Morgan fingerprint density at radius 2 is 1.80 bits per heavy atom. The lowest BCUT2D eigenvalue weighted by Crippen LogP contribution is -2.32. The van der Waals surface area contributed by atoms with Gasteiger partial charge in [0, 0.05) is 17.5 Å². The van der Waals surface area contributed by atoms with E-state index in [0.717, 1.165) is 28.8 Å². The molecule has 0 bridgehead atoms. The number of para-hydroxylation sites is 1. The number of rotatable bonds is 7. The van der Waals surface area contributed by atoms with Gasteiger partial charge in [-0.05, 0) is 53.8 Å². The van der Waals surface area contributed by atoms with E-state index in [0.29, 0.717) is 16.7 Å². The summed E-state index contributed by atoms with van der Waals surface area (Å²) in [7, 11) is 0. The molecule has 3 amide bonds. The number of hydrogen-bond donors (Lipinski definition) is 1. The van der Waals surface area contributed by atoms with Crippen molar-refractivity contribution in [3.63, 3.8) is 0 Å². The van der Waals surface area contributed by atoms with Crippen LogP contribution in [0.25, 0.3) is 17.1 Å². The molecule has 226 valence electrons. The summed E-state index contributed by atoms with van der Waals surface area (Å²) >= 11 is 1.25. The number of amidine groups is 1. The molecule has 9 nitrogen and oxygen atoms in total. The zero-order chi connectivity index (χ0) is 31.0. The molecule has 13 heteroatoms. The van der Waals surface area contributed by atoms with Crippen molar-refractivity contribution in [2.45, 2.75) is 44.5 Å². The molecular weight excluding hydrogens is 593 g/mol. The monoisotopic (exact) mass is 620 g/mol. The van der Waals surface area contributed by atoms with Crippen molar-refractivity contribution in [1.82, 2.24) is 20.1 Å². The van der Waals surface area contributed by atoms with Crippen LogP contribution in [0.15, 0.2) is 84.1 Å². The molecule has 2 heterocycles. The van der Waals surface area contributed by atoms with Crippen LogP contribution in [-0.4, -0.2) is 50.0 Å². The topological polar surface area (TPSA) is 102 Å². The summed E-state index contributed by atoms with van der Waals surface area (Å²) in [6, 6.07) is 20.1. The van der Waals surface area contributed by atoms with E-state index in [2.05, 4.69) is 39.0 Å². The lowest BCUT2D eigenvalue weighted by atomic mass is 10.0. The minimum atomic E-state index is -4.76. The highest BCUT2D eigenvalue weighted by Crippen LogP contribution is 2.41. The van der Waals surface area contributed by atoms with Crippen molar-refractivity contribution in [2.24, 2.45) is 4.99 Å². The second-order valence-electron chi connectivity index (χ2n) is 10.7. The fraction of sp³-hybridized carbons (Fsp3) is 0.258. The maximum Gasteiger partial charge on any atom is 0.573 e. The molecule has 4 aromatic rings. The number of nitrogens with zero attached hydrogens (tertiary/aromatic N) is 5. The molecule has 1 aromatic heterocycles. The Hall–Kier alpha value is -4.65. The van der Waals surface area contributed by atoms with Gasteiger partial charge in [-0.2, -0.15) is 4.99 Å². The Morgan fingerprint density at radius 3 is 2.50 bits per heavy atom. The van der Waals surface area contributed by atoms with Crippen LogP contribution in [0.4, 0.5) is 23.7 Å². The fourth-order valence-electron chi connectivity index (χ4n) is 5.06. The molecule has 1 saturated carbocycles. The maximum absolute atomic E-state index is 12.8. The number of carbonyl (C=O) groups excluding carboxylic acids is 2. The number of nitrogens with one attached hydrogen (secondary N) is 1. The van der Waals surface area contributed by atoms with E-state index in [1.807, 2.05) is 48.5 Å². The number of aliphatic imine (C=N–C) groups is 1. The van der Waals surface area contributed by atoms with Crippen LogP contribution in [0.5, 0.6) is 5.75 Å². The summed E-state index contributed by atoms with van der Waals surface area (Å²) in [5, 5.41) is 7.77. The molecule has 2 aliphatic rings. The largest absolute Gasteiger partial charge is 0.573 e. The number of ether oxygens (including phenoxy) is 1. The van der Waals surface area contributed by atoms with E-state index in [-0.39, 0.29) is 35.3 Å². The minimum absolute atomic E-state index is 0.0714. The zero-order valence-corrected chi connectivity index (χ0v) is 24.5. The standard InChI is InChI=1S/C31H27F3N6O3S/c1-18(2)23-5-3-4-6-26(23)40-27(41)16-44-30(40)37-29(42)36-25-15-24(25)19-7-9-20(10-8-19)28-35-17-39(38-28)21-11-13-22(14-12-21)43-31(32,33)34/h3-14,17-18,24-25H,15-16H2,1-2H3,(H,36,42). The summed E-state index contributed by atoms with van der Waals surface area (Å²) in [6.07, 6.45) is -2.51. The Labute approximate surface area is 255 Å². The van der Waals surface area contributed by atoms with Gasteiger partial charge in [-0.15, -0.1) is 18.3 Å². The van der Waals surface area contributed by atoms with Crippen LogP contribution in [0.2, 0.25) is 0 Å². The number of aromatic nitrogens is 3. The van der Waals surface area contributed by atoms with Gasteiger partial charge >= 0.3 is 12.4 Å². The lowest BCUT2D eigenvalue weighted by molar-refractivity contribution is -0.274. The van der Waals surface area contributed by atoms with Crippen molar-refractivity contribution in [1.29, 1.82) is 0 Å². The Morgan fingerprint density at radius 1 is 1.07 bits per heavy atom. The average molecular weight is 621 g/mol. The van der Waals surface area contributed by atoms with Crippen molar-refractivity contribution in [3.05, 3.63) is 90.3 Å². The molecule has 2 atom stereocenters. The first kappa shape index (κ1) is 29.4. The molecule has 2 unspecified atom stereocenters. The van der Waals surface area contributed by atoms with Crippen molar-refractivity contribution < 1.29 is 27.5 Å². The molecular formula is C31H27F3N6O3S. The van der Waals surface area contributed by atoms with Gasteiger partial charge in [-0.25, -0.2) is 14.5 Å². The van der Waals surface area contributed by atoms with Crippen LogP contribution in [0.3, 0.4) is 0 Å². The Balaban J connectivity index is 1.07. The van der Waals surface area contributed by atoms with Gasteiger partial charge in [-0.3, -0.25) is 9.69 Å². The number of alkyl halides is 3. The molecule has 1 aliphatic heterocycles. The lowest BCUT2D eigenvalue weighted by Gasteiger charge is -2.21. The van der Waals surface area contributed by atoms with Crippen molar-refractivity contribution in [3.8, 4) is 22.8 Å². The van der Waals surface area contributed by atoms with E-state index in [4.69, 9.17) is 0 Å². The predicted molar refractivity (Wildman–Crippen MR) is 161 cm³/mol. The van der Waals surface area contributed by atoms with Gasteiger partial charge in [0.2, 0.25) is 5.91 Å². The fourth-order valence-corrected chi connectivity index (χ4v) is 5.92. The number of halogens is 3. The average Bonchev–Trinajstić information content (AvgIpc) is 3.39. The summed E-state index contributed by atoms with van der Waals surface area (Å²) in [5.41, 5.74) is 4.10. The molecule has 0 radical (unpaired) electrons. The number of urea groups is 1. The first-order chi connectivity index (χ1) is 21.1. The summed E-state index contributed by atoms with van der Waals surface area (Å²) in [5.74, 6) is 0.593. The number of carbonyl (C=O) groups is 2. The quantitative estimate of drug-likeness (QED) is 0.248. The summed E-state index contributed by atoms with van der Waals surface area (Å²) < 4.78 is 42.6. The Bertz CT molecular complexity index is 1720. The molecule has 44 heavy (non-hydrogen) atoms. The van der Waals surface area contributed by atoms with Crippen LogP contribution < -0.4 is 15.0 Å².